The SMILES string of the molecule is COc1ccccc1-n1nccc1CN.Cl. The Kier molecular flexibility index (Phi) is 4.34. The van der Waals surface area contributed by atoms with Gasteiger partial charge in [0, 0.05) is 12.7 Å². The lowest BCUT2D eigenvalue weighted by atomic mass is 10.3. The Morgan fingerprint density at radius 3 is 2.75 bits per heavy atom. The van der Waals surface area contributed by atoms with Gasteiger partial charge in [-0.3, -0.25) is 0 Å². The van der Waals surface area contributed by atoms with Gasteiger partial charge < -0.3 is 10.5 Å². The van der Waals surface area contributed by atoms with Crippen molar-refractivity contribution >= 4 is 12.4 Å². The van der Waals surface area contributed by atoms with E-state index in [1.54, 1.807) is 18.0 Å². The highest BCUT2D eigenvalue weighted by Gasteiger charge is 2.07. The number of methoxy groups -OCH3 is 1. The second kappa shape index (κ2) is 5.53. The number of hydrogen-bond donors (Lipinski definition) is 1. The zero-order valence-corrected chi connectivity index (χ0v) is 9.78. The van der Waals surface area contributed by atoms with E-state index in [0.717, 1.165) is 17.1 Å². The van der Waals surface area contributed by atoms with Crippen molar-refractivity contribution in [3.63, 3.8) is 0 Å². The quantitative estimate of drug-likeness (QED) is 0.888. The summed E-state index contributed by atoms with van der Waals surface area (Å²) in [5.41, 5.74) is 7.49. The van der Waals surface area contributed by atoms with Crippen LogP contribution in [0.15, 0.2) is 36.5 Å². The van der Waals surface area contributed by atoms with Crippen LogP contribution in [0.25, 0.3) is 5.69 Å². The van der Waals surface area contributed by atoms with Crippen LogP contribution in [0.4, 0.5) is 0 Å². The van der Waals surface area contributed by atoms with Crippen LogP contribution in [0.3, 0.4) is 0 Å². The second-order valence-corrected chi connectivity index (χ2v) is 3.11. The lowest BCUT2D eigenvalue weighted by Crippen LogP contribution is -2.07. The van der Waals surface area contributed by atoms with E-state index in [4.69, 9.17) is 10.5 Å². The second-order valence-electron chi connectivity index (χ2n) is 3.11. The highest BCUT2D eigenvalue weighted by Crippen LogP contribution is 2.22. The fraction of sp³-hybridized carbons (Fsp3) is 0.182. The Hall–Kier alpha value is -1.52. The number of hydrogen-bond acceptors (Lipinski definition) is 3. The number of rotatable bonds is 3. The fourth-order valence-electron chi connectivity index (χ4n) is 1.51. The van der Waals surface area contributed by atoms with Crippen LogP contribution in [-0.2, 0) is 6.54 Å². The molecule has 5 heteroatoms. The maximum absolute atomic E-state index is 5.62. The third-order valence-corrected chi connectivity index (χ3v) is 2.24. The topological polar surface area (TPSA) is 53.1 Å². The first-order chi connectivity index (χ1) is 7.36. The Labute approximate surface area is 100 Å². The van der Waals surface area contributed by atoms with Gasteiger partial charge in [-0.25, -0.2) is 4.68 Å². The van der Waals surface area contributed by atoms with Gasteiger partial charge >= 0.3 is 0 Å². The molecular weight excluding hydrogens is 226 g/mol. The van der Waals surface area contributed by atoms with Gasteiger partial charge in [-0.2, -0.15) is 5.10 Å². The average Bonchev–Trinajstić information content (AvgIpc) is 2.76. The van der Waals surface area contributed by atoms with E-state index in [2.05, 4.69) is 5.10 Å². The van der Waals surface area contributed by atoms with E-state index < -0.39 is 0 Å². The minimum Gasteiger partial charge on any atom is -0.494 e. The molecule has 1 heterocycles. The first-order valence-electron chi connectivity index (χ1n) is 4.73. The number of halogens is 1. The third-order valence-electron chi connectivity index (χ3n) is 2.24. The molecule has 0 saturated carbocycles. The summed E-state index contributed by atoms with van der Waals surface area (Å²) < 4.78 is 7.06. The number of para-hydroxylation sites is 2. The van der Waals surface area contributed by atoms with Crippen LogP contribution in [0, 0.1) is 0 Å². The molecule has 0 aliphatic carbocycles. The predicted octanol–water partition coefficient (Wildman–Crippen LogP) is 1.76. The highest BCUT2D eigenvalue weighted by molar-refractivity contribution is 5.85. The molecule has 0 atom stereocenters. The number of benzene rings is 1. The zero-order chi connectivity index (χ0) is 10.7. The molecule has 16 heavy (non-hydrogen) atoms. The number of nitrogens with zero attached hydrogens (tertiary/aromatic N) is 2. The van der Waals surface area contributed by atoms with Gasteiger partial charge in [-0.05, 0) is 18.2 Å². The molecule has 2 aromatic rings. The van der Waals surface area contributed by atoms with Crippen molar-refractivity contribution in [3.8, 4) is 11.4 Å². The van der Waals surface area contributed by atoms with E-state index in [1.165, 1.54) is 0 Å². The van der Waals surface area contributed by atoms with E-state index in [9.17, 15) is 0 Å². The number of aromatic nitrogens is 2. The Morgan fingerprint density at radius 2 is 2.06 bits per heavy atom. The lowest BCUT2D eigenvalue weighted by Gasteiger charge is -2.10. The van der Waals surface area contributed by atoms with Crippen LogP contribution in [0.5, 0.6) is 5.75 Å². The van der Waals surface area contributed by atoms with E-state index in [1.807, 2.05) is 30.3 Å². The minimum absolute atomic E-state index is 0. The Balaban J connectivity index is 0.00000128. The molecule has 86 valence electrons. The summed E-state index contributed by atoms with van der Waals surface area (Å²) in [6, 6.07) is 9.61. The molecule has 0 spiro atoms. The van der Waals surface area contributed by atoms with E-state index >= 15 is 0 Å². The van der Waals surface area contributed by atoms with Gasteiger partial charge in [0.15, 0.2) is 0 Å². The summed E-state index contributed by atoms with van der Waals surface area (Å²) in [6.45, 7) is 0.456. The summed E-state index contributed by atoms with van der Waals surface area (Å²) in [6.07, 6.45) is 1.73. The van der Waals surface area contributed by atoms with E-state index in [0.29, 0.717) is 6.54 Å². The molecule has 0 bridgehead atoms. The summed E-state index contributed by atoms with van der Waals surface area (Å²) in [7, 11) is 1.64. The Bertz CT molecular complexity index is 456. The molecule has 0 radical (unpaired) electrons. The number of nitrogens with two attached hydrogens (primary N) is 1. The van der Waals surface area contributed by atoms with Crippen molar-refractivity contribution in [2.24, 2.45) is 5.73 Å². The van der Waals surface area contributed by atoms with Gasteiger partial charge in [0.1, 0.15) is 11.4 Å². The van der Waals surface area contributed by atoms with Crippen LogP contribution in [0.1, 0.15) is 5.69 Å². The van der Waals surface area contributed by atoms with Gasteiger partial charge in [-0.1, -0.05) is 12.1 Å². The molecule has 0 aliphatic heterocycles. The van der Waals surface area contributed by atoms with Crippen LogP contribution in [-0.4, -0.2) is 16.9 Å². The van der Waals surface area contributed by atoms with Gasteiger partial charge in [0.05, 0.1) is 12.8 Å². The summed E-state index contributed by atoms with van der Waals surface area (Å²) in [4.78, 5) is 0. The van der Waals surface area contributed by atoms with Crippen molar-refractivity contribution in [2.45, 2.75) is 6.54 Å². The third kappa shape index (κ3) is 2.18. The zero-order valence-electron chi connectivity index (χ0n) is 8.96. The van der Waals surface area contributed by atoms with Crippen molar-refractivity contribution in [3.05, 3.63) is 42.2 Å². The highest BCUT2D eigenvalue weighted by atomic mass is 35.5. The summed E-state index contributed by atoms with van der Waals surface area (Å²) in [5.74, 6) is 0.788. The van der Waals surface area contributed by atoms with Crippen molar-refractivity contribution in [2.75, 3.05) is 7.11 Å². The molecule has 1 aromatic carbocycles. The van der Waals surface area contributed by atoms with Crippen LogP contribution < -0.4 is 10.5 Å². The molecule has 1 aromatic heterocycles. The molecule has 0 aliphatic rings. The van der Waals surface area contributed by atoms with Gasteiger partial charge in [0.2, 0.25) is 0 Å². The molecule has 0 unspecified atom stereocenters. The summed E-state index contributed by atoms with van der Waals surface area (Å²) in [5, 5.41) is 4.22. The largest absolute Gasteiger partial charge is 0.494 e. The maximum Gasteiger partial charge on any atom is 0.144 e. The smallest absolute Gasteiger partial charge is 0.144 e. The Morgan fingerprint density at radius 1 is 1.31 bits per heavy atom. The molecular formula is C11H14ClN3O. The maximum atomic E-state index is 5.62. The fourth-order valence-corrected chi connectivity index (χ4v) is 1.51. The first-order valence-corrected chi connectivity index (χ1v) is 4.73. The molecule has 4 nitrogen and oxygen atoms in total. The number of ether oxygens (including phenoxy) is 1. The molecule has 0 saturated heterocycles. The van der Waals surface area contributed by atoms with E-state index in [-0.39, 0.29) is 12.4 Å². The standard InChI is InChI=1S/C11H13N3O.ClH/c1-15-11-5-3-2-4-10(11)14-9(8-12)6-7-13-14;/h2-7H,8,12H2,1H3;1H. The lowest BCUT2D eigenvalue weighted by molar-refractivity contribution is 0.411. The van der Waals surface area contributed by atoms with Gasteiger partial charge in [0.25, 0.3) is 0 Å². The minimum atomic E-state index is 0. The molecule has 0 amide bonds. The van der Waals surface area contributed by atoms with Crippen LogP contribution >= 0.6 is 12.4 Å². The van der Waals surface area contributed by atoms with Crippen molar-refractivity contribution < 1.29 is 4.74 Å². The van der Waals surface area contributed by atoms with Crippen molar-refractivity contribution in [1.82, 2.24) is 9.78 Å². The summed E-state index contributed by atoms with van der Waals surface area (Å²) >= 11 is 0. The monoisotopic (exact) mass is 239 g/mol. The van der Waals surface area contributed by atoms with Crippen LogP contribution in [0.2, 0.25) is 0 Å². The van der Waals surface area contributed by atoms with Crippen molar-refractivity contribution in [1.29, 1.82) is 0 Å². The average molecular weight is 240 g/mol. The molecule has 0 fully saturated rings. The molecule has 2 N–H and O–H groups in total. The molecule has 2 rings (SSSR count). The first kappa shape index (κ1) is 12.5. The van der Waals surface area contributed by atoms with Gasteiger partial charge in [-0.15, -0.1) is 12.4 Å². The predicted molar refractivity (Wildman–Crippen MR) is 65.3 cm³/mol. The normalized spacial score (nSPS) is 9.62.